The predicted octanol–water partition coefficient (Wildman–Crippen LogP) is 4.52. The van der Waals surface area contributed by atoms with Crippen molar-refractivity contribution in [3.63, 3.8) is 0 Å². The largest absolute Gasteiger partial charge is 0.507 e. The van der Waals surface area contributed by atoms with Crippen LogP contribution in [0, 0.1) is 5.82 Å². The van der Waals surface area contributed by atoms with E-state index in [0.29, 0.717) is 21.9 Å². The Hall–Kier alpha value is -3.45. The van der Waals surface area contributed by atoms with Crippen molar-refractivity contribution in [3.05, 3.63) is 87.9 Å². The van der Waals surface area contributed by atoms with E-state index in [0.717, 1.165) is 0 Å². The number of methoxy groups -OCH3 is 1. The Morgan fingerprint density at radius 1 is 1.07 bits per heavy atom. The first-order chi connectivity index (χ1) is 14.0. The van der Waals surface area contributed by atoms with Gasteiger partial charge in [-0.15, -0.1) is 11.3 Å². The second kappa shape index (κ2) is 7.52. The third-order valence-corrected chi connectivity index (χ3v) is 5.65. The van der Waals surface area contributed by atoms with E-state index in [1.807, 2.05) is 5.38 Å². The molecule has 2 aromatic carbocycles. The molecule has 0 spiro atoms. The molecular weight excluding hydrogens is 393 g/mol. The van der Waals surface area contributed by atoms with Gasteiger partial charge in [-0.1, -0.05) is 18.2 Å². The van der Waals surface area contributed by atoms with Crippen molar-refractivity contribution in [1.82, 2.24) is 0 Å². The molecule has 146 valence electrons. The number of halogens is 1. The van der Waals surface area contributed by atoms with E-state index in [2.05, 4.69) is 0 Å². The summed E-state index contributed by atoms with van der Waals surface area (Å²) in [5.41, 5.74) is 0.644. The van der Waals surface area contributed by atoms with Crippen LogP contribution in [-0.2, 0) is 9.59 Å². The van der Waals surface area contributed by atoms with E-state index >= 15 is 0 Å². The number of aliphatic hydroxyl groups is 1. The number of ether oxygens (including phenoxy) is 1. The number of amides is 1. The summed E-state index contributed by atoms with van der Waals surface area (Å²) in [7, 11) is 1.46. The summed E-state index contributed by atoms with van der Waals surface area (Å²) in [4.78, 5) is 27.8. The van der Waals surface area contributed by atoms with E-state index in [1.54, 1.807) is 36.4 Å². The van der Waals surface area contributed by atoms with Gasteiger partial charge < -0.3 is 9.84 Å². The molecule has 5 nitrogen and oxygen atoms in total. The molecule has 1 N–H and O–H groups in total. The summed E-state index contributed by atoms with van der Waals surface area (Å²) >= 11 is 1.36. The highest BCUT2D eigenvalue weighted by Crippen LogP contribution is 2.44. The van der Waals surface area contributed by atoms with E-state index in [4.69, 9.17) is 4.74 Å². The zero-order valence-corrected chi connectivity index (χ0v) is 16.2. The molecule has 7 heteroatoms. The minimum atomic E-state index is -0.828. The van der Waals surface area contributed by atoms with Gasteiger partial charge in [-0.2, -0.15) is 0 Å². The Balaban J connectivity index is 1.94. The molecule has 1 aliphatic heterocycles. The number of carbonyl (C=O) groups is 2. The molecule has 1 atom stereocenters. The second-order valence-corrected chi connectivity index (χ2v) is 7.34. The number of anilines is 1. The lowest BCUT2D eigenvalue weighted by molar-refractivity contribution is -0.132. The maximum Gasteiger partial charge on any atom is 0.300 e. The highest BCUT2D eigenvalue weighted by molar-refractivity contribution is 7.10. The van der Waals surface area contributed by atoms with Crippen LogP contribution in [0.5, 0.6) is 5.75 Å². The van der Waals surface area contributed by atoms with E-state index in [-0.39, 0.29) is 11.3 Å². The summed E-state index contributed by atoms with van der Waals surface area (Å²) in [5, 5.41) is 12.9. The van der Waals surface area contributed by atoms with Crippen LogP contribution in [0.25, 0.3) is 5.76 Å². The number of para-hydroxylation sites is 1. The first-order valence-corrected chi connectivity index (χ1v) is 9.64. The molecule has 1 amide bonds. The number of benzene rings is 2. The van der Waals surface area contributed by atoms with Gasteiger partial charge in [0, 0.05) is 10.6 Å². The van der Waals surface area contributed by atoms with Gasteiger partial charge >= 0.3 is 0 Å². The molecule has 4 rings (SSSR count). The molecule has 1 unspecified atom stereocenters. The number of nitrogens with zero attached hydrogens (tertiary/aromatic N) is 1. The van der Waals surface area contributed by atoms with Gasteiger partial charge in [0.15, 0.2) is 0 Å². The number of hydrogen-bond donors (Lipinski definition) is 1. The van der Waals surface area contributed by atoms with Crippen LogP contribution in [0.2, 0.25) is 0 Å². The summed E-state index contributed by atoms with van der Waals surface area (Å²) in [6, 6.07) is 14.8. The second-order valence-electron chi connectivity index (χ2n) is 6.36. The highest BCUT2D eigenvalue weighted by atomic mass is 32.1. The maximum atomic E-state index is 13.4. The quantitative estimate of drug-likeness (QED) is 0.391. The fourth-order valence-corrected chi connectivity index (χ4v) is 4.23. The molecule has 1 fully saturated rings. The zero-order valence-electron chi connectivity index (χ0n) is 15.3. The molecule has 1 aliphatic rings. The number of aliphatic hydroxyl groups excluding tert-OH is 1. The third kappa shape index (κ3) is 3.19. The zero-order chi connectivity index (χ0) is 20.5. The number of thiophene rings is 1. The lowest BCUT2D eigenvalue weighted by Gasteiger charge is -2.24. The topological polar surface area (TPSA) is 66.8 Å². The lowest BCUT2D eigenvalue weighted by Crippen LogP contribution is -2.29. The monoisotopic (exact) mass is 409 g/mol. The van der Waals surface area contributed by atoms with Crippen LogP contribution in [0.15, 0.2) is 71.6 Å². The van der Waals surface area contributed by atoms with Crippen molar-refractivity contribution >= 4 is 34.5 Å². The molecule has 1 saturated heterocycles. The van der Waals surface area contributed by atoms with Crippen LogP contribution in [0.3, 0.4) is 0 Å². The number of carbonyl (C=O) groups excluding carboxylic acids is 2. The van der Waals surface area contributed by atoms with E-state index in [1.165, 1.54) is 47.6 Å². The van der Waals surface area contributed by atoms with E-state index < -0.39 is 23.5 Å². The standard InChI is InChI=1S/C22H16FNO4S/c1-28-16-6-3-2-5-15(16)20(25)18-19(17-7-4-12-29-17)24(22(27)21(18)26)14-10-8-13(23)9-11-14/h2-12,19,25H,1H3/b20-18-. The minimum Gasteiger partial charge on any atom is -0.507 e. The molecule has 29 heavy (non-hydrogen) atoms. The van der Waals surface area contributed by atoms with Crippen molar-refractivity contribution in [1.29, 1.82) is 0 Å². The van der Waals surface area contributed by atoms with Gasteiger partial charge in [-0.3, -0.25) is 14.5 Å². The van der Waals surface area contributed by atoms with Crippen LogP contribution < -0.4 is 9.64 Å². The fraction of sp³-hybridized carbons (Fsp3) is 0.0909. The Bertz CT molecular complexity index is 1110. The normalized spacial score (nSPS) is 18.3. The molecule has 3 aromatic rings. The Kier molecular flexibility index (Phi) is 4.90. The van der Waals surface area contributed by atoms with Crippen molar-refractivity contribution in [2.45, 2.75) is 6.04 Å². The third-order valence-electron chi connectivity index (χ3n) is 4.72. The maximum absolute atomic E-state index is 13.4. The fourth-order valence-electron chi connectivity index (χ4n) is 3.40. The van der Waals surface area contributed by atoms with Crippen LogP contribution >= 0.6 is 11.3 Å². The van der Waals surface area contributed by atoms with Crippen LogP contribution in [0.4, 0.5) is 10.1 Å². The molecule has 0 bridgehead atoms. The lowest BCUT2D eigenvalue weighted by atomic mass is 9.99. The molecule has 0 radical (unpaired) electrons. The molecule has 0 saturated carbocycles. The summed E-state index contributed by atoms with van der Waals surface area (Å²) < 4.78 is 18.7. The van der Waals surface area contributed by atoms with Gasteiger partial charge in [0.1, 0.15) is 23.4 Å². The summed E-state index contributed by atoms with van der Waals surface area (Å²) in [6.07, 6.45) is 0. The van der Waals surface area contributed by atoms with Gasteiger partial charge in [-0.05, 0) is 47.8 Å². The summed E-state index contributed by atoms with van der Waals surface area (Å²) in [5.74, 6) is -1.98. The van der Waals surface area contributed by atoms with Crippen LogP contribution in [0.1, 0.15) is 16.5 Å². The van der Waals surface area contributed by atoms with E-state index in [9.17, 15) is 19.1 Å². The Morgan fingerprint density at radius 3 is 2.45 bits per heavy atom. The minimum absolute atomic E-state index is 0.0359. The number of hydrogen-bond acceptors (Lipinski definition) is 5. The van der Waals surface area contributed by atoms with Crippen LogP contribution in [-0.4, -0.2) is 23.9 Å². The van der Waals surface area contributed by atoms with Crippen molar-refractivity contribution in [2.24, 2.45) is 0 Å². The number of rotatable bonds is 4. The number of ketones is 1. The van der Waals surface area contributed by atoms with Crippen molar-refractivity contribution in [3.8, 4) is 5.75 Å². The molecule has 2 heterocycles. The Labute approximate surface area is 170 Å². The smallest absolute Gasteiger partial charge is 0.300 e. The van der Waals surface area contributed by atoms with Gasteiger partial charge in [0.25, 0.3) is 11.7 Å². The van der Waals surface area contributed by atoms with Crippen molar-refractivity contribution < 1.29 is 23.8 Å². The van der Waals surface area contributed by atoms with Gasteiger partial charge in [-0.25, -0.2) is 4.39 Å². The van der Waals surface area contributed by atoms with Crippen molar-refractivity contribution in [2.75, 3.05) is 12.0 Å². The highest BCUT2D eigenvalue weighted by Gasteiger charge is 2.47. The Morgan fingerprint density at radius 2 is 1.79 bits per heavy atom. The first-order valence-electron chi connectivity index (χ1n) is 8.76. The average Bonchev–Trinajstić information content (AvgIpc) is 3.35. The summed E-state index contributed by atoms with van der Waals surface area (Å²) in [6.45, 7) is 0. The SMILES string of the molecule is COc1ccccc1/C(O)=C1/C(=O)C(=O)N(c2ccc(F)cc2)C1c1cccs1. The molecule has 0 aliphatic carbocycles. The van der Waals surface area contributed by atoms with Gasteiger partial charge in [0.05, 0.1) is 18.2 Å². The average molecular weight is 409 g/mol. The molecule has 1 aromatic heterocycles. The molecular formula is C22H16FNO4S. The first kappa shape index (κ1) is 18.9. The predicted molar refractivity (Wildman–Crippen MR) is 108 cm³/mol. The number of Topliss-reactive ketones (excluding diaryl/α,β-unsaturated/α-hetero) is 1. The van der Waals surface area contributed by atoms with Gasteiger partial charge in [0.2, 0.25) is 0 Å².